The molecule has 3 atom stereocenters. The minimum absolute atomic E-state index is 0.0355. The van der Waals surface area contributed by atoms with Crippen LogP contribution in [0.2, 0.25) is 18.1 Å². The zero-order chi connectivity index (χ0) is 21.4. The van der Waals surface area contributed by atoms with Crippen LogP contribution in [0.5, 0.6) is 5.75 Å². The number of hydrogen-bond donors (Lipinski definition) is 1. The zero-order valence-electron chi connectivity index (χ0n) is 18.8. The van der Waals surface area contributed by atoms with Crippen LogP contribution in [0, 0.1) is 5.92 Å². The first-order valence-electron chi connectivity index (χ1n) is 10.2. The Hall–Kier alpha value is -1.14. The third-order valence-corrected chi connectivity index (χ3v) is 10.1. The van der Waals surface area contributed by atoms with Crippen molar-refractivity contribution in [2.45, 2.75) is 77.5 Å². The molecular weight excluding hydrogens is 368 g/mol. The number of hydrogen-bond acceptors (Lipinski definition) is 4. The van der Waals surface area contributed by atoms with Gasteiger partial charge in [0.2, 0.25) is 0 Å². The summed E-state index contributed by atoms with van der Waals surface area (Å²) in [5.41, 5.74) is 1.11. The Labute approximate surface area is 173 Å². The first kappa shape index (κ1) is 24.9. The second kappa shape index (κ2) is 11.1. The molecule has 0 saturated heterocycles. The van der Waals surface area contributed by atoms with Crippen LogP contribution in [0.25, 0.3) is 0 Å². The predicted molar refractivity (Wildman–Crippen MR) is 119 cm³/mol. The standard InChI is InChI=1S/C23H40O4Si/c1-9-10-20(24)15-22(27-28(7,8)23(3,4)5)18(2)16-26-17-19-11-13-21(25-6)14-12-19/h9,11-14,18,20,22,24H,1,10,15-17H2,2-8H3/t18-,20-,22-/m0/s1. The highest BCUT2D eigenvalue weighted by Crippen LogP contribution is 2.38. The third-order valence-electron chi connectivity index (χ3n) is 5.64. The van der Waals surface area contributed by atoms with Crippen molar-refractivity contribution in [3.8, 4) is 5.75 Å². The fraction of sp³-hybridized carbons (Fsp3) is 0.652. The molecule has 0 radical (unpaired) electrons. The maximum absolute atomic E-state index is 10.3. The summed E-state index contributed by atoms with van der Waals surface area (Å²) in [7, 11) is -0.277. The summed E-state index contributed by atoms with van der Waals surface area (Å²) in [6.45, 7) is 18.2. The molecule has 0 spiro atoms. The summed E-state index contributed by atoms with van der Waals surface area (Å²) >= 11 is 0. The fourth-order valence-corrected chi connectivity index (χ4v) is 4.14. The molecule has 0 heterocycles. The molecular formula is C23H40O4Si. The molecule has 0 saturated carbocycles. The summed E-state index contributed by atoms with van der Waals surface area (Å²) < 4.78 is 17.8. The quantitative estimate of drug-likeness (QED) is 0.363. The normalized spacial score (nSPS) is 15.7. The lowest BCUT2D eigenvalue weighted by molar-refractivity contribution is 0.00942. The molecule has 0 aliphatic carbocycles. The lowest BCUT2D eigenvalue weighted by Gasteiger charge is -2.41. The van der Waals surface area contributed by atoms with Crippen molar-refractivity contribution in [1.82, 2.24) is 0 Å². The van der Waals surface area contributed by atoms with Crippen molar-refractivity contribution in [1.29, 1.82) is 0 Å². The molecule has 0 aliphatic rings. The number of rotatable bonds is 12. The van der Waals surface area contributed by atoms with E-state index in [1.165, 1.54) is 0 Å². The number of benzene rings is 1. The Bertz CT molecular complexity index is 577. The Morgan fingerprint density at radius 1 is 1.18 bits per heavy atom. The molecule has 1 aromatic carbocycles. The molecule has 5 heteroatoms. The Balaban J connectivity index is 2.71. The number of ether oxygens (including phenoxy) is 2. The van der Waals surface area contributed by atoms with Crippen molar-refractivity contribution in [2.75, 3.05) is 13.7 Å². The molecule has 4 nitrogen and oxygen atoms in total. The highest BCUT2D eigenvalue weighted by molar-refractivity contribution is 6.74. The van der Waals surface area contributed by atoms with Gasteiger partial charge in [-0.3, -0.25) is 0 Å². The highest BCUT2D eigenvalue weighted by atomic mass is 28.4. The van der Waals surface area contributed by atoms with E-state index in [-0.39, 0.29) is 17.1 Å². The molecule has 0 amide bonds. The molecule has 0 unspecified atom stereocenters. The van der Waals surface area contributed by atoms with Crippen molar-refractivity contribution < 1.29 is 19.0 Å². The monoisotopic (exact) mass is 408 g/mol. The lowest BCUT2D eigenvalue weighted by Crippen LogP contribution is -2.46. The van der Waals surface area contributed by atoms with E-state index < -0.39 is 14.4 Å². The van der Waals surface area contributed by atoms with Gasteiger partial charge in [0, 0.05) is 5.92 Å². The Morgan fingerprint density at radius 3 is 2.29 bits per heavy atom. The minimum atomic E-state index is -1.94. The minimum Gasteiger partial charge on any atom is -0.497 e. The van der Waals surface area contributed by atoms with E-state index in [2.05, 4.69) is 47.4 Å². The summed E-state index contributed by atoms with van der Waals surface area (Å²) in [6.07, 6.45) is 2.48. The molecule has 0 aliphatic heterocycles. The summed E-state index contributed by atoms with van der Waals surface area (Å²) in [5, 5.41) is 10.5. The first-order valence-corrected chi connectivity index (χ1v) is 13.1. The van der Waals surface area contributed by atoms with Gasteiger partial charge < -0.3 is 19.0 Å². The van der Waals surface area contributed by atoms with Crippen LogP contribution in [0.3, 0.4) is 0 Å². The van der Waals surface area contributed by atoms with Crippen molar-refractivity contribution in [3.63, 3.8) is 0 Å². The second-order valence-electron chi connectivity index (χ2n) is 9.17. The van der Waals surface area contributed by atoms with Crippen molar-refractivity contribution >= 4 is 8.32 Å². The van der Waals surface area contributed by atoms with Crippen molar-refractivity contribution in [3.05, 3.63) is 42.5 Å². The van der Waals surface area contributed by atoms with Gasteiger partial charge in [0.1, 0.15) is 5.75 Å². The molecule has 1 rings (SSSR count). The number of aliphatic hydroxyl groups excluding tert-OH is 1. The van der Waals surface area contributed by atoms with Gasteiger partial charge in [-0.05, 0) is 48.7 Å². The lowest BCUT2D eigenvalue weighted by atomic mass is 9.98. The van der Waals surface area contributed by atoms with Crippen LogP contribution in [-0.2, 0) is 15.8 Å². The molecule has 0 aromatic heterocycles. The van der Waals surface area contributed by atoms with Crippen LogP contribution in [0.15, 0.2) is 36.9 Å². The van der Waals surface area contributed by atoms with E-state index in [9.17, 15) is 5.11 Å². The van der Waals surface area contributed by atoms with Crippen LogP contribution >= 0.6 is 0 Å². The van der Waals surface area contributed by atoms with Gasteiger partial charge in [-0.1, -0.05) is 45.9 Å². The van der Waals surface area contributed by atoms with Gasteiger partial charge in [0.05, 0.1) is 32.5 Å². The molecule has 0 fully saturated rings. The largest absolute Gasteiger partial charge is 0.497 e. The van der Waals surface area contributed by atoms with E-state index in [1.54, 1.807) is 13.2 Å². The Morgan fingerprint density at radius 2 is 1.79 bits per heavy atom. The SMILES string of the molecule is C=CC[C@H](O)C[C@H](O[Si](C)(C)C(C)(C)C)[C@@H](C)COCc1ccc(OC)cc1. The van der Waals surface area contributed by atoms with Gasteiger partial charge in [-0.2, -0.15) is 0 Å². The highest BCUT2D eigenvalue weighted by Gasteiger charge is 2.40. The van der Waals surface area contributed by atoms with Crippen LogP contribution in [0.1, 0.15) is 46.1 Å². The zero-order valence-corrected chi connectivity index (χ0v) is 19.8. The summed E-state index contributed by atoms with van der Waals surface area (Å²) in [6, 6.07) is 7.91. The molecule has 28 heavy (non-hydrogen) atoms. The average Bonchev–Trinajstić information content (AvgIpc) is 2.60. The topological polar surface area (TPSA) is 47.9 Å². The van der Waals surface area contributed by atoms with Crippen molar-refractivity contribution in [2.24, 2.45) is 5.92 Å². The maximum atomic E-state index is 10.3. The summed E-state index contributed by atoms with van der Waals surface area (Å²) in [4.78, 5) is 0. The number of aliphatic hydroxyl groups is 1. The third kappa shape index (κ3) is 8.07. The molecule has 160 valence electrons. The van der Waals surface area contributed by atoms with E-state index in [0.29, 0.717) is 26.1 Å². The summed E-state index contributed by atoms with van der Waals surface area (Å²) in [5.74, 6) is 1.03. The van der Waals surface area contributed by atoms with Gasteiger partial charge in [0.25, 0.3) is 0 Å². The maximum Gasteiger partial charge on any atom is 0.192 e. The van der Waals surface area contributed by atoms with E-state index >= 15 is 0 Å². The molecule has 1 aromatic rings. The van der Waals surface area contributed by atoms with Crippen LogP contribution < -0.4 is 4.74 Å². The molecule has 1 N–H and O–H groups in total. The van der Waals surface area contributed by atoms with Crippen LogP contribution in [-0.4, -0.2) is 39.3 Å². The average molecular weight is 409 g/mol. The van der Waals surface area contributed by atoms with Gasteiger partial charge in [0.15, 0.2) is 8.32 Å². The Kier molecular flexibility index (Phi) is 9.91. The van der Waals surface area contributed by atoms with Gasteiger partial charge >= 0.3 is 0 Å². The van der Waals surface area contributed by atoms with Gasteiger partial charge in [-0.25, -0.2) is 0 Å². The van der Waals surface area contributed by atoms with E-state index in [4.69, 9.17) is 13.9 Å². The fourth-order valence-electron chi connectivity index (χ4n) is 2.70. The predicted octanol–water partition coefficient (Wildman–Crippen LogP) is 5.57. The van der Waals surface area contributed by atoms with E-state index in [0.717, 1.165) is 11.3 Å². The molecule has 0 bridgehead atoms. The van der Waals surface area contributed by atoms with Gasteiger partial charge in [-0.15, -0.1) is 6.58 Å². The second-order valence-corrected chi connectivity index (χ2v) is 13.9. The van der Waals surface area contributed by atoms with E-state index in [1.807, 2.05) is 24.3 Å². The first-order chi connectivity index (χ1) is 13.0. The van der Waals surface area contributed by atoms with Crippen LogP contribution in [0.4, 0.5) is 0 Å². The smallest absolute Gasteiger partial charge is 0.192 e. The number of methoxy groups -OCH3 is 1.